The molecule has 0 radical (unpaired) electrons. The van der Waals surface area contributed by atoms with Crippen LogP contribution in [0.2, 0.25) is 0 Å². The second-order valence-electron chi connectivity index (χ2n) is 7.10. The molecule has 1 amide bonds. The highest BCUT2D eigenvalue weighted by Gasteiger charge is 2.13. The second-order valence-corrected chi connectivity index (χ2v) is 7.10. The first-order chi connectivity index (χ1) is 16.6. The minimum atomic E-state index is -0.616. The van der Waals surface area contributed by atoms with Crippen LogP contribution < -0.4 is 24.3 Å². The average Bonchev–Trinajstić information content (AvgIpc) is 3.42. The number of nitrogens with zero attached hydrogens (tertiary/aromatic N) is 4. The maximum Gasteiger partial charge on any atom is 0.412 e. The lowest BCUT2D eigenvalue weighted by atomic mass is 10.0. The molecule has 1 aromatic heterocycles. The first-order valence-electron chi connectivity index (χ1n) is 10.3. The average molecular weight is 461 g/mol. The molecule has 0 saturated heterocycles. The number of rotatable bonds is 8. The quantitative estimate of drug-likeness (QED) is 0.424. The summed E-state index contributed by atoms with van der Waals surface area (Å²) in [5.41, 5.74) is 3.05. The van der Waals surface area contributed by atoms with Gasteiger partial charge < -0.3 is 24.3 Å². The Kier molecular flexibility index (Phi) is 6.87. The highest BCUT2D eigenvalue weighted by Crippen LogP contribution is 2.34. The maximum atomic E-state index is 12.6. The Balaban J connectivity index is 1.56. The smallest absolute Gasteiger partial charge is 0.412 e. The minimum Gasteiger partial charge on any atom is -0.496 e. The predicted molar refractivity (Wildman–Crippen MR) is 124 cm³/mol. The van der Waals surface area contributed by atoms with Gasteiger partial charge in [-0.25, -0.2) is 9.48 Å². The van der Waals surface area contributed by atoms with E-state index in [1.807, 2.05) is 36.4 Å². The van der Waals surface area contributed by atoms with Crippen LogP contribution in [0.5, 0.6) is 23.0 Å². The van der Waals surface area contributed by atoms with Crippen LogP contribution in [0.15, 0.2) is 67.0 Å². The zero-order valence-corrected chi connectivity index (χ0v) is 18.9. The fourth-order valence-corrected chi connectivity index (χ4v) is 3.40. The Hall–Kier alpha value is -4.60. The molecule has 0 atom stereocenters. The van der Waals surface area contributed by atoms with Crippen molar-refractivity contribution >= 4 is 6.09 Å². The van der Waals surface area contributed by atoms with Crippen molar-refractivity contribution in [1.29, 1.82) is 0 Å². The van der Waals surface area contributed by atoms with E-state index in [1.165, 1.54) is 11.0 Å². The summed E-state index contributed by atoms with van der Waals surface area (Å²) in [4.78, 5) is 12.6. The Labute approximate surface area is 196 Å². The zero-order chi connectivity index (χ0) is 23.9. The van der Waals surface area contributed by atoms with Crippen LogP contribution in [-0.4, -0.2) is 47.6 Å². The number of benzene rings is 3. The lowest BCUT2D eigenvalue weighted by Gasteiger charge is -2.13. The lowest BCUT2D eigenvalue weighted by molar-refractivity contribution is 0.200. The molecule has 4 aromatic rings. The molecule has 34 heavy (non-hydrogen) atoms. The van der Waals surface area contributed by atoms with E-state index in [1.54, 1.807) is 45.6 Å². The van der Waals surface area contributed by atoms with Crippen molar-refractivity contribution in [2.75, 3.05) is 21.3 Å². The van der Waals surface area contributed by atoms with Crippen molar-refractivity contribution in [1.82, 2.24) is 25.5 Å². The van der Waals surface area contributed by atoms with Crippen LogP contribution in [0.25, 0.3) is 16.8 Å². The van der Waals surface area contributed by atoms with Crippen LogP contribution in [0, 0.1) is 0 Å². The van der Waals surface area contributed by atoms with Gasteiger partial charge in [0.05, 0.1) is 27.0 Å². The van der Waals surface area contributed by atoms with E-state index in [2.05, 4.69) is 20.8 Å². The molecule has 10 nitrogen and oxygen atoms in total. The SMILES string of the molecule is COc1ccc(CNC(=O)Oc2cc(-c3ccccc3OC)cc(-n3cnnn3)c2)cc1OC. The van der Waals surface area contributed by atoms with Crippen LogP contribution in [0.4, 0.5) is 4.79 Å². The summed E-state index contributed by atoms with van der Waals surface area (Å²) in [7, 11) is 4.72. The molecule has 0 aliphatic rings. The predicted octanol–water partition coefficient (Wildman–Crippen LogP) is 3.64. The Morgan fingerprint density at radius 3 is 2.44 bits per heavy atom. The number of hydrogen-bond acceptors (Lipinski definition) is 8. The molecule has 174 valence electrons. The normalized spacial score (nSPS) is 10.4. The van der Waals surface area contributed by atoms with E-state index in [4.69, 9.17) is 18.9 Å². The molecule has 0 spiro atoms. The van der Waals surface area contributed by atoms with Crippen molar-refractivity contribution in [2.24, 2.45) is 0 Å². The third kappa shape index (κ3) is 5.07. The summed E-state index contributed by atoms with van der Waals surface area (Å²) >= 11 is 0. The topological polar surface area (TPSA) is 110 Å². The van der Waals surface area contributed by atoms with E-state index in [-0.39, 0.29) is 6.54 Å². The lowest BCUT2D eigenvalue weighted by Crippen LogP contribution is -2.26. The number of ether oxygens (including phenoxy) is 4. The van der Waals surface area contributed by atoms with Gasteiger partial charge in [-0.2, -0.15) is 0 Å². The zero-order valence-electron chi connectivity index (χ0n) is 18.9. The molecule has 0 aliphatic carbocycles. The summed E-state index contributed by atoms with van der Waals surface area (Å²) < 4.78 is 23.1. The van der Waals surface area contributed by atoms with E-state index in [0.717, 1.165) is 16.7 Å². The Bertz CT molecular complexity index is 1280. The number of nitrogens with one attached hydrogen (secondary N) is 1. The molecule has 1 heterocycles. The molecule has 0 fully saturated rings. The van der Waals surface area contributed by atoms with Gasteiger partial charge >= 0.3 is 6.09 Å². The van der Waals surface area contributed by atoms with Crippen molar-refractivity contribution in [2.45, 2.75) is 6.54 Å². The number of para-hydroxylation sites is 1. The van der Waals surface area contributed by atoms with Gasteiger partial charge in [0.2, 0.25) is 0 Å². The molecule has 10 heteroatoms. The summed E-state index contributed by atoms with van der Waals surface area (Å²) in [6.45, 7) is 0.241. The van der Waals surface area contributed by atoms with Crippen molar-refractivity contribution < 1.29 is 23.7 Å². The molecule has 3 aromatic carbocycles. The van der Waals surface area contributed by atoms with Crippen LogP contribution >= 0.6 is 0 Å². The maximum absolute atomic E-state index is 12.6. The van der Waals surface area contributed by atoms with Gasteiger partial charge in [-0.05, 0) is 51.9 Å². The third-order valence-corrected chi connectivity index (χ3v) is 5.02. The summed E-state index contributed by atoms with van der Waals surface area (Å²) in [5.74, 6) is 2.18. The standard InChI is InChI=1S/C24H23N5O5/c1-31-21-7-5-4-6-20(21)17-11-18(29-15-26-27-28-29)13-19(12-17)34-24(30)25-14-16-8-9-22(32-2)23(10-16)33-3/h4-13,15H,14H2,1-3H3,(H,25,30). The molecule has 4 rings (SSSR count). The number of amides is 1. The van der Waals surface area contributed by atoms with Crippen molar-refractivity contribution in [3.8, 4) is 39.8 Å². The molecule has 0 unspecified atom stereocenters. The van der Waals surface area contributed by atoms with E-state index >= 15 is 0 Å². The van der Waals surface area contributed by atoms with Gasteiger partial charge in [0, 0.05) is 18.2 Å². The number of carbonyl (C=O) groups excluding carboxylic acids is 1. The Morgan fingerprint density at radius 2 is 1.71 bits per heavy atom. The van der Waals surface area contributed by atoms with E-state index in [0.29, 0.717) is 28.7 Å². The number of hydrogen-bond donors (Lipinski definition) is 1. The monoisotopic (exact) mass is 461 g/mol. The third-order valence-electron chi connectivity index (χ3n) is 5.02. The fourth-order valence-electron chi connectivity index (χ4n) is 3.40. The summed E-state index contributed by atoms with van der Waals surface area (Å²) in [5, 5.41) is 14.0. The highest BCUT2D eigenvalue weighted by molar-refractivity contribution is 5.76. The Morgan fingerprint density at radius 1 is 0.912 bits per heavy atom. The van der Waals surface area contributed by atoms with Crippen molar-refractivity contribution in [3.05, 3.63) is 72.6 Å². The minimum absolute atomic E-state index is 0.241. The summed E-state index contributed by atoms with van der Waals surface area (Å²) in [6.07, 6.45) is 0.844. The summed E-state index contributed by atoms with van der Waals surface area (Å²) in [6, 6.07) is 18.3. The van der Waals surface area contributed by atoms with Gasteiger partial charge in [0.15, 0.2) is 11.5 Å². The number of aromatic nitrogens is 4. The number of tetrazole rings is 1. The van der Waals surface area contributed by atoms with Gasteiger partial charge in [0.25, 0.3) is 0 Å². The first-order valence-corrected chi connectivity index (χ1v) is 10.3. The fraction of sp³-hybridized carbons (Fsp3) is 0.167. The first kappa shape index (κ1) is 22.6. The van der Waals surface area contributed by atoms with E-state index < -0.39 is 6.09 Å². The molecule has 0 bridgehead atoms. The highest BCUT2D eigenvalue weighted by atomic mass is 16.6. The largest absolute Gasteiger partial charge is 0.496 e. The molecule has 1 N–H and O–H groups in total. The van der Waals surface area contributed by atoms with Crippen LogP contribution in [0.1, 0.15) is 5.56 Å². The van der Waals surface area contributed by atoms with Crippen LogP contribution in [-0.2, 0) is 6.54 Å². The van der Waals surface area contributed by atoms with Gasteiger partial charge in [-0.3, -0.25) is 0 Å². The number of methoxy groups -OCH3 is 3. The molecular weight excluding hydrogens is 438 g/mol. The molecule has 0 saturated carbocycles. The van der Waals surface area contributed by atoms with E-state index in [9.17, 15) is 4.79 Å². The van der Waals surface area contributed by atoms with Crippen LogP contribution in [0.3, 0.4) is 0 Å². The van der Waals surface area contributed by atoms with Gasteiger partial charge in [0.1, 0.15) is 17.8 Å². The molecule has 0 aliphatic heterocycles. The van der Waals surface area contributed by atoms with Gasteiger partial charge in [-0.1, -0.05) is 24.3 Å². The van der Waals surface area contributed by atoms with Crippen molar-refractivity contribution in [3.63, 3.8) is 0 Å². The molecular formula is C24H23N5O5. The van der Waals surface area contributed by atoms with Gasteiger partial charge in [-0.15, -0.1) is 5.10 Å². The second kappa shape index (κ2) is 10.3. The number of carbonyl (C=O) groups is 1.